The molecule has 1 aliphatic heterocycles. The highest BCUT2D eigenvalue weighted by Crippen LogP contribution is 2.38. The van der Waals surface area contributed by atoms with Gasteiger partial charge in [-0.05, 0) is 57.6 Å². The molecule has 0 radical (unpaired) electrons. The summed E-state index contributed by atoms with van der Waals surface area (Å²) in [6.45, 7) is 3.66. The summed E-state index contributed by atoms with van der Waals surface area (Å²) in [6, 6.07) is 0. The maximum atomic E-state index is 12.7. The summed E-state index contributed by atoms with van der Waals surface area (Å²) in [5, 5.41) is 3.53. The number of thiophene rings is 1. The number of amides is 1. The number of nitrogens with one attached hydrogen (secondary N) is 1. The molecule has 160 valence electrons. The molecule has 1 saturated heterocycles. The third-order valence-corrected chi connectivity index (χ3v) is 6.76. The van der Waals surface area contributed by atoms with Gasteiger partial charge in [-0.1, -0.05) is 6.42 Å². The number of aryl methyl sites for hydroxylation is 1. The van der Waals surface area contributed by atoms with E-state index in [-0.39, 0.29) is 30.3 Å². The number of nitrogens with zero attached hydrogens (tertiary/aromatic N) is 1. The van der Waals surface area contributed by atoms with Crippen LogP contribution < -0.4 is 5.32 Å². The number of ether oxygens (including phenoxy) is 2. The fourth-order valence-corrected chi connectivity index (χ4v) is 5.46. The molecule has 0 spiro atoms. The van der Waals surface area contributed by atoms with E-state index in [0.717, 1.165) is 57.1 Å². The molecule has 1 N–H and O–H groups in total. The first-order valence-corrected chi connectivity index (χ1v) is 11.3. The molecule has 2 heterocycles. The highest BCUT2D eigenvalue weighted by molar-refractivity contribution is 7.17. The summed E-state index contributed by atoms with van der Waals surface area (Å²) in [5.74, 6) is -0.927. The number of methoxy groups -OCH3 is 1. The SMILES string of the molecule is CCOC(=O)[C@@H]1CCCN(CC(=O)Nc2sc3c(c2C(=O)OC)CCCCC3)C1. The average Bonchev–Trinajstić information content (AvgIpc) is 2.88. The third kappa shape index (κ3) is 5.36. The summed E-state index contributed by atoms with van der Waals surface area (Å²) >= 11 is 1.50. The standard InChI is InChI=1S/C21H30N2O5S/c1-3-28-20(25)14-8-7-11-23(12-14)13-17(24)22-19-18(21(26)27-2)15-9-5-4-6-10-16(15)29-19/h14H,3-13H2,1-2H3,(H,22,24)/t14-/m1/s1. The Morgan fingerprint density at radius 1 is 1.17 bits per heavy atom. The lowest BCUT2D eigenvalue weighted by atomic mass is 9.98. The van der Waals surface area contributed by atoms with E-state index < -0.39 is 0 Å². The van der Waals surface area contributed by atoms with Gasteiger partial charge in [0.15, 0.2) is 0 Å². The molecular weight excluding hydrogens is 392 g/mol. The van der Waals surface area contributed by atoms with Crippen molar-refractivity contribution < 1.29 is 23.9 Å². The smallest absolute Gasteiger partial charge is 0.341 e. The quantitative estimate of drug-likeness (QED) is 0.560. The second kappa shape index (κ2) is 10.2. The number of hydrogen-bond donors (Lipinski definition) is 1. The van der Waals surface area contributed by atoms with E-state index in [1.54, 1.807) is 6.92 Å². The van der Waals surface area contributed by atoms with Crippen LogP contribution in [0.15, 0.2) is 0 Å². The lowest BCUT2D eigenvalue weighted by Crippen LogP contribution is -2.43. The van der Waals surface area contributed by atoms with Crippen LogP contribution in [0, 0.1) is 5.92 Å². The molecule has 1 amide bonds. The fourth-order valence-electron chi connectivity index (χ4n) is 4.17. The number of anilines is 1. The number of hydrogen-bond acceptors (Lipinski definition) is 7. The number of esters is 2. The average molecular weight is 423 g/mol. The minimum Gasteiger partial charge on any atom is -0.466 e. The number of fused-ring (bicyclic) bond motifs is 1. The van der Waals surface area contributed by atoms with Crippen molar-refractivity contribution in [2.75, 3.05) is 38.7 Å². The Labute approximate surface area is 175 Å². The number of piperidine rings is 1. The summed E-state index contributed by atoms with van der Waals surface area (Å²) in [7, 11) is 1.37. The van der Waals surface area contributed by atoms with Crippen LogP contribution in [0.25, 0.3) is 0 Å². The first kappa shape index (κ1) is 21.8. The van der Waals surface area contributed by atoms with Gasteiger partial charge in [-0.15, -0.1) is 11.3 Å². The van der Waals surface area contributed by atoms with Crippen LogP contribution in [-0.4, -0.2) is 56.1 Å². The second-order valence-electron chi connectivity index (χ2n) is 7.63. The van der Waals surface area contributed by atoms with Crippen LogP contribution in [0.2, 0.25) is 0 Å². The Morgan fingerprint density at radius 2 is 1.97 bits per heavy atom. The molecule has 29 heavy (non-hydrogen) atoms. The van der Waals surface area contributed by atoms with Gasteiger partial charge < -0.3 is 14.8 Å². The molecular formula is C21H30N2O5S. The normalized spacial score (nSPS) is 19.7. The highest BCUT2D eigenvalue weighted by Gasteiger charge is 2.29. The van der Waals surface area contributed by atoms with Crippen LogP contribution in [0.5, 0.6) is 0 Å². The Hall–Kier alpha value is -1.93. The molecule has 1 fully saturated rings. The minimum absolute atomic E-state index is 0.170. The first-order chi connectivity index (χ1) is 14.0. The van der Waals surface area contributed by atoms with Gasteiger partial charge >= 0.3 is 11.9 Å². The van der Waals surface area contributed by atoms with E-state index in [1.165, 1.54) is 23.3 Å². The summed E-state index contributed by atoms with van der Waals surface area (Å²) in [6.07, 6.45) is 6.74. The van der Waals surface area contributed by atoms with E-state index >= 15 is 0 Å². The van der Waals surface area contributed by atoms with E-state index in [1.807, 2.05) is 4.90 Å². The lowest BCUT2D eigenvalue weighted by Gasteiger charge is -2.30. The van der Waals surface area contributed by atoms with E-state index in [4.69, 9.17) is 9.47 Å². The predicted molar refractivity (Wildman–Crippen MR) is 111 cm³/mol. The van der Waals surface area contributed by atoms with Crippen molar-refractivity contribution >= 4 is 34.2 Å². The monoisotopic (exact) mass is 422 g/mol. The number of rotatable bonds is 6. The molecule has 1 atom stereocenters. The van der Waals surface area contributed by atoms with Crippen molar-refractivity contribution in [2.45, 2.75) is 51.9 Å². The molecule has 3 rings (SSSR count). The molecule has 0 bridgehead atoms. The van der Waals surface area contributed by atoms with Crippen molar-refractivity contribution in [1.82, 2.24) is 4.90 Å². The zero-order chi connectivity index (χ0) is 20.8. The van der Waals surface area contributed by atoms with Gasteiger partial charge in [0.2, 0.25) is 5.91 Å². The number of likely N-dealkylation sites (tertiary alicyclic amines) is 1. The number of carbonyl (C=O) groups excluding carboxylic acids is 3. The van der Waals surface area contributed by atoms with Gasteiger partial charge in [0.25, 0.3) is 0 Å². The topological polar surface area (TPSA) is 84.9 Å². The first-order valence-electron chi connectivity index (χ1n) is 10.4. The van der Waals surface area contributed by atoms with Gasteiger partial charge in [0.05, 0.1) is 31.7 Å². The molecule has 1 aromatic heterocycles. The maximum absolute atomic E-state index is 12.7. The van der Waals surface area contributed by atoms with Crippen LogP contribution in [-0.2, 0) is 31.9 Å². The van der Waals surface area contributed by atoms with Crippen molar-refractivity contribution in [2.24, 2.45) is 5.92 Å². The zero-order valence-electron chi connectivity index (χ0n) is 17.3. The van der Waals surface area contributed by atoms with E-state index in [2.05, 4.69) is 5.32 Å². The zero-order valence-corrected chi connectivity index (χ0v) is 18.1. The van der Waals surface area contributed by atoms with Crippen molar-refractivity contribution in [3.05, 3.63) is 16.0 Å². The van der Waals surface area contributed by atoms with Gasteiger partial charge in [0, 0.05) is 11.4 Å². The van der Waals surface area contributed by atoms with Crippen LogP contribution in [0.4, 0.5) is 5.00 Å². The highest BCUT2D eigenvalue weighted by atomic mass is 32.1. The van der Waals surface area contributed by atoms with Crippen molar-refractivity contribution in [3.63, 3.8) is 0 Å². The molecule has 1 aliphatic carbocycles. The maximum Gasteiger partial charge on any atom is 0.341 e. The van der Waals surface area contributed by atoms with Gasteiger partial charge in [0.1, 0.15) is 5.00 Å². The van der Waals surface area contributed by atoms with Crippen molar-refractivity contribution in [1.29, 1.82) is 0 Å². The minimum atomic E-state index is -0.389. The van der Waals surface area contributed by atoms with Crippen LogP contribution in [0.3, 0.4) is 0 Å². The summed E-state index contributed by atoms with van der Waals surface area (Å²) in [5.41, 5.74) is 1.56. The fraction of sp³-hybridized carbons (Fsp3) is 0.667. The second-order valence-corrected chi connectivity index (χ2v) is 8.74. The van der Waals surface area contributed by atoms with Crippen molar-refractivity contribution in [3.8, 4) is 0 Å². The van der Waals surface area contributed by atoms with E-state index in [9.17, 15) is 14.4 Å². The molecule has 7 nitrogen and oxygen atoms in total. The van der Waals surface area contributed by atoms with E-state index in [0.29, 0.717) is 23.7 Å². The third-order valence-electron chi connectivity index (χ3n) is 5.56. The Kier molecular flexibility index (Phi) is 7.66. The Balaban J connectivity index is 1.67. The Bertz CT molecular complexity index is 760. The van der Waals surface area contributed by atoms with Gasteiger partial charge in [-0.3, -0.25) is 14.5 Å². The largest absolute Gasteiger partial charge is 0.466 e. The number of carbonyl (C=O) groups is 3. The van der Waals surface area contributed by atoms with Gasteiger partial charge in [-0.25, -0.2) is 4.79 Å². The molecule has 8 heteroatoms. The Morgan fingerprint density at radius 3 is 2.72 bits per heavy atom. The summed E-state index contributed by atoms with van der Waals surface area (Å²) < 4.78 is 10.1. The van der Waals surface area contributed by atoms with Gasteiger partial charge in [-0.2, -0.15) is 0 Å². The van der Waals surface area contributed by atoms with Crippen LogP contribution in [0.1, 0.15) is 59.8 Å². The molecule has 0 aromatic carbocycles. The molecule has 0 saturated carbocycles. The summed E-state index contributed by atoms with van der Waals surface area (Å²) in [4.78, 5) is 40.3. The molecule has 2 aliphatic rings. The molecule has 1 aromatic rings. The van der Waals surface area contributed by atoms with Crippen LogP contribution >= 0.6 is 11.3 Å². The lowest BCUT2D eigenvalue weighted by molar-refractivity contribution is -0.150. The predicted octanol–water partition coefficient (Wildman–Crippen LogP) is 3.02. The molecule has 0 unspecified atom stereocenters.